The van der Waals surface area contributed by atoms with Gasteiger partial charge in [-0.2, -0.15) is 0 Å². The Balaban J connectivity index is 1.68. The highest BCUT2D eigenvalue weighted by atomic mass is 16.4. The molecule has 0 unspecified atom stereocenters. The van der Waals surface area contributed by atoms with Crippen LogP contribution in [-0.4, -0.2) is 52.4 Å². The van der Waals surface area contributed by atoms with Crippen LogP contribution in [0, 0.1) is 11.8 Å². The lowest BCUT2D eigenvalue weighted by Gasteiger charge is -2.33. The van der Waals surface area contributed by atoms with E-state index in [2.05, 4.69) is 11.8 Å². The molecule has 0 spiro atoms. The van der Waals surface area contributed by atoms with E-state index < -0.39 is 5.76 Å². The Morgan fingerprint density at radius 2 is 1.79 bits per heavy atom. The number of oxazole rings is 1. The second-order valence-corrected chi connectivity index (χ2v) is 5.47. The smallest absolute Gasteiger partial charge is 0.408 e. The van der Waals surface area contributed by atoms with Crippen LogP contribution in [0.15, 0.2) is 33.5 Å². The van der Waals surface area contributed by atoms with Crippen molar-refractivity contribution in [2.45, 2.75) is 13.5 Å². The van der Waals surface area contributed by atoms with E-state index in [0.29, 0.717) is 37.3 Å². The molecule has 124 valence electrons. The Kier molecular flexibility index (Phi) is 4.38. The zero-order valence-corrected chi connectivity index (χ0v) is 13.3. The summed E-state index contributed by atoms with van der Waals surface area (Å²) in [5.74, 6) is 4.15. The van der Waals surface area contributed by atoms with E-state index >= 15 is 0 Å². The number of carbonyl (C=O) groups is 2. The van der Waals surface area contributed by atoms with Crippen LogP contribution in [0.2, 0.25) is 0 Å². The van der Waals surface area contributed by atoms with E-state index in [1.807, 2.05) is 0 Å². The average molecular weight is 327 g/mol. The van der Waals surface area contributed by atoms with Gasteiger partial charge in [0.25, 0.3) is 5.91 Å². The van der Waals surface area contributed by atoms with Crippen LogP contribution in [0.25, 0.3) is 11.1 Å². The van der Waals surface area contributed by atoms with Crippen molar-refractivity contribution >= 4 is 22.9 Å². The average Bonchev–Trinajstić information content (AvgIpc) is 2.91. The fraction of sp³-hybridized carbons (Fsp3) is 0.353. The topological polar surface area (TPSA) is 75.8 Å². The summed E-state index contributed by atoms with van der Waals surface area (Å²) in [4.78, 5) is 39.4. The molecule has 2 heterocycles. The van der Waals surface area contributed by atoms with Gasteiger partial charge in [0.2, 0.25) is 5.91 Å². The standard InChI is InChI=1S/C17H17N3O4/c1-2-5-15(21)18-8-10-19(11-9-18)16(22)12-20-13-6-3-4-7-14(13)24-17(20)23/h3-4,6-7H,8-12H2,1H3. The summed E-state index contributed by atoms with van der Waals surface area (Å²) >= 11 is 0. The molecule has 1 aromatic carbocycles. The summed E-state index contributed by atoms with van der Waals surface area (Å²) in [6.07, 6.45) is 0. The molecule has 1 saturated heterocycles. The highest BCUT2D eigenvalue weighted by molar-refractivity contribution is 5.93. The third kappa shape index (κ3) is 3.04. The highest BCUT2D eigenvalue weighted by Crippen LogP contribution is 2.12. The molecule has 0 saturated carbocycles. The van der Waals surface area contributed by atoms with Gasteiger partial charge in [-0.15, -0.1) is 0 Å². The molecule has 0 bridgehead atoms. The molecule has 0 N–H and O–H groups in total. The van der Waals surface area contributed by atoms with Crippen molar-refractivity contribution in [2.24, 2.45) is 0 Å². The van der Waals surface area contributed by atoms with E-state index in [1.54, 1.807) is 41.0 Å². The van der Waals surface area contributed by atoms with E-state index in [1.165, 1.54) is 4.57 Å². The first-order valence-electron chi connectivity index (χ1n) is 7.68. The molecular formula is C17H17N3O4. The summed E-state index contributed by atoms with van der Waals surface area (Å²) in [5, 5.41) is 0. The van der Waals surface area contributed by atoms with E-state index in [-0.39, 0.29) is 18.4 Å². The maximum atomic E-state index is 12.5. The number of hydrogen-bond acceptors (Lipinski definition) is 4. The van der Waals surface area contributed by atoms with Crippen LogP contribution in [0.3, 0.4) is 0 Å². The van der Waals surface area contributed by atoms with Gasteiger partial charge in [-0.3, -0.25) is 14.2 Å². The number of fused-ring (bicyclic) bond motifs is 1. The molecule has 24 heavy (non-hydrogen) atoms. The molecular weight excluding hydrogens is 310 g/mol. The number of piperazine rings is 1. The number of rotatable bonds is 2. The monoisotopic (exact) mass is 327 g/mol. The fourth-order valence-corrected chi connectivity index (χ4v) is 2.74. The number of para-hydroxylation sites is 2. The van der Waals surface area contributed by atoms with E-state index in [4.69, 9.17) is 4.42 Å². The minimum atomic E-state index is -0.545. The second-order valence-electron chi connectivity index (χ2n) is 5.47. The Labute approximate surface area is 138 Å². The van der Waals surface area contributed by atoms with Gasteiger partial charge < -0.3 is 14.2 Å². The lowest BCUT2D eigenvalue weighted by Crippen LogP contribution is -2.51. The number of carbonyl (C=O) groups excluding carboxylic acids is 2. The first kappa shape index (κ1) is 15.9. The minimum absolute atomic E-state index is 0.0709. The summed E-state index contributed by atoms with van der Waals surface area (Å²) in [6, 6.07) is 6.99. The number of hydrogen-bond donors (Lipinski definition) is 0. The first-order chi connectivity index (χ1) is 11.6. The number of benzene rings is 1. The zero-order valence-electron chi connectivity index (χ0n) is 13.3. The SMILES string of the molecule is CC#CC(=O)N1CCN(C(=O)Cn2c(=O)oc3ccccc32)CC1. The Bertz CT molecular complexity index is 892. The fourth-order valence-electron chi connectivity index (χ4n) is 2.74. The normalized spacial score (nSPS) is 14.4. The van der Waals surface area contributed by atoms with Crippen molar-refractivity contribution in [1.82, 2.24) is 14.4 Å². The maximum absolute atomic E-state index is 12.5. The molecule has 1 aliphatic heterocycles. The number of nitrogens with zero attached hydrogens (tertiary/aromatic N) is 3. The van der Waals surface area contributed by atoms with E-state index in [9.17, 15) is 14.4 Å². The third-order valence-electron chi connectivity index (χ3n) is 4.02. The molecule has 7 heteroatoms. The van der Waals surface area contributed by atoms with Gasteiger partial charge >= 0.3 is 5.76 Å². The molecule has 3 rings (SSSR count). The molecule has 0 aliphatic carbocycles. The molecule has 1 aromatic heterocycles. The van der Waals surface area contributed by atoms with Gasteiger partial charge in [0.15, 0.2) is 5.58 Å². The van der Waals surface area contributed by atoms with Crippen LogP contribution < -0.4 is 5.76 Å². The van der Waals surface area contributed by atoms with Crippen molar-refractivity contribution < 1.29 is 14.0 Å². The Hall–Kier alpha value is -3.01. The highest BCUT2D eigenvalue weighted by Gasteiger charge is 2.24. The number of amides is 2. The number of aromatic nitrogens is 1. The zero-order chi connectivity index (χ0) is 17.1. The van der Waals surface area contributed by atoms with Crippen LogP contribution >= 0.6 is 0 Å². The van der Waals surface area contributed by atoms with Crippen LogP contribution in [0.4, 0.5) is 0 Å². The van der Waals surface area contributed by atoms with Crippen molar-refractivity contribution in [2.75, 3.05) is 26.2 Å². The van der Waals surface area contributed by atoms with E-state index in [0.717, 1.165) is 0 Å². The summed E-state index contributed by atoms with van der Waals surface area (Å²) in [6.45, 7) is 3.30. The molecule has 1 aliphatic rings. The van der Waals surface area contributed by atoms with Crippen LogP contribution in [0.1, 0.15) is 6.92 Å². The van der Waals surface area contributed by atoms with Crippen molar-refractivity contribution in [3.8, 4) is 11.8 Å². The van der Waals surface area contributed by atoms with Gasteiger partial charge in [0.1, 0.15) is 6.54 Å². The molecule has 0 radical (unpaired) electrons. The summed E-state index contributed by atoms with van der Waals surface area (Å²) in [7, 11) is 0. The first-order valence-corrected chi connectivity index (χ1v) is 7.68. The lowest BCUT2D eigenvalue weighted by molar-refractivity contribution is -0.137. The largest absolute Gasteiger partial charge is 0.420 e. The van der Waals surface area contributed by atoms with Crippen molar-refractivity contribution in [3.63, 3.8) is 0 Å². The Morgan fingerprint density at radius 3 is 2.50 bits per heavy atom. The van der Waals surface area contributed by atoms with Gasteiger partial charge in [0.05, 0.1) is 5.52 Å². The summed E-state index contributed by atoms with van der Waals surface area (Å²) < 4.78 is 6.46. The predicted octanol–water partition coefficient (Wildman–Crippen LogP) is 0.289. The quantitative estimate of drug-likeness (QED) is 0.743. The van der Waals surface area contributed by atoms with Crippen molar-refractivity contribution in [3.05, 3.63) is 34.8 Å². The third-order valence-corrected chi connectivity index (χ3v) is 4.02. The molecule has 1 fully saturated rings. The van der Waals surface area contributed by atoms with Gasteiger partial charge in [-0.25, -0.2) is 4.79 Å². The summed E-state index contributed by atoms with van der Waals surface area (Å²) in [5.41, 5.74) is 1.06. The molecule has 0 atom stereocenters. The van der Waals surface area contributed by atoms with Crippen LogP contribution in [0.5, 0.6) is 0 Å². The predicted molar refractivity (Wildman–Crippen MR) is 87.1 cm³/mol. The molecule has 2 amide bonds. The molecule has 2 aromatic rings. The lowest BCUT2D eigenvalue weighted by atomic mass is 10.3. The minimum Gasteiger partial charge on any atom is -0.408 e. The van der Waals surface area contributed by atoms with Crippen LogP contribution in [-0.2, 0) is 16.1 Å². The van der Waals surface area contributed by atoms with Gasteiger partial charge in [0, 0.05) is 26.2 Å². The maximum Gasteiger partial charge on any atom is 0.420 e. The van der Waals surface area contributed by atoms with Gasteiger partial charge in [-0.1, -0.05) is 18.1 Å². The second kappa shape index (κ2) is 6.62. The van der Waals surface area contributed by atoms with Crippen molar-refractivity contribution in [1.29, 1.82) is 0 Å². The van der Waals surface area contributed by atoms with Gasteiger partial charge in [-0.05, 0) is 25.0 Å². The molecule has 7 nitrogen and oxygen atoms in total. The Morgan fingerprint density at radius 1 is 1.12 bits per heavy atom.